The van der Waals surface area contributed by atoms with Gasteiger partial charge < -0.3 is 4.90 Å². The first kappa shape index (κ1) is 16.9. The van der Waals surface area contributed by atoms with Crippen molar-refractivity contribution in [3.63, 3.8) is 0 Å². The Morgan fingerprint density at radius 1 is 1.07 bits per heavy atom. The minimum atomic E-state index is 0.450. The zero-order chi connectivity index (χ0) is 18.9. The largest absolute Gasteiger partial charge is 0.352 e. The summed E-state index contributed by atoms with van der Waals surface area (Å²) in [5.74, 6) is 0.920. The van der Waals surface area contributed by atoms with Crippen LogP contribution in [0.15, 0.2) is 54.9 Å². The molecule has 7 nitrogen and oxygen atoms in total. The van der Waals surface area contributed by atoms with Crippen LogP contribution >= 0.6 is 0 Å². The zero-order valence-electron chi connectivity index (χ0n) is 15.5. The number of nitrogens with zero attached hydrogens (tertiary/aromatic N) is 7. The number of pyridine rings is 1. The van der Waals surface area contributed by atoms with Crippen LogP contribution in [0.5, 0.6) is 0 Å². The molecule has 0 amide bonds. The Labute approximate surface area is 163 Å². The van der Waals surface area contributed by atoms with Crippen LogP contribution in [0.3, 0.4) is 0 Å². The normalized spacial score (nSPS) is 21.6. The van der Waals surface area contributed by atoms with Gasteiger partial charge in [0.1, 0.15) is 5.82 Å². The van der Waals surface area contributed by atoms with Crippen molar-refractivity contribution >= 4 is 5.82 Å². The van der Waals surface area contributed by atoms with Gasteiger partial charge in [-0.3, -0.25) is 4.90 Å². The predicted molar refractivity (Wildman–Crippen MR) is 105 cm³/mol. The first-order chi connectivity index (χ1) is 13.8. The number of rotatable bonds is 4. The van der Waals surface area contributed by atoms with Crippen molar-refractivity contribution in [1.82, 2.24) is 24.9 Å². The van der Waals surface area contributed by atoms with E-state index >= 15 is 0 Å². The van der Waals surface area contributed by atoms with E-state index in [1.807, 2.05) is 47.3 Å². The quantitative estimate of drug-likeness (QED) is 0.701. The van der Waals surface area contributed by atoms with Crippen LogP contribution < -0.4 is 4.90 Å². The maximum absolute atomic E-state index is 9.16. The molecule has 7 heteroatoms. The van der Waals surface area contributed by atoms with Crippen LogP contribution in [-0.2, 0) is 6.54 Å². The molecule has 2 fully saturated rings. The van der Waals surface area contributed by atoms with Crippen molar-refractivity contribution in [2.45, 2.75) is 31.5 Å². The number of para-hydroxylation sites is 1. The van der Waals surface area contributed by atoms with E-state index in [4.69, 9.17) is 5.26 Å². The zero-order valence-corrected chi connectivity index (χ0v) is 15.5. The molecule has 1 aromatic carbocycles. The van der Waals surface area contributed by atoms with Crippen molar-refractivity contribution in [2.75, 3.05) is 18.0 Å². The lowest BCUT2D eigenvalue weighted by Crippen LogP contribution is -2.36. The monoisotopic (exact) mass is 371 g/mol. The Morgan fingerprint density at radius 3 is 2.79 bits per heavy atom. The summed E-state index contributed by atoms with van der Waals surface area (Å²) in [5, 5.41) is 17.8. The summed E-state index contributed by atoms with van der Waals surface area (Å²) in [5.41, 5.74) is 2.68. The number of benzene rings is 1. The van der Waals surface area contributed by atoms with Crippen molar-refractivity contribution in [2.24, 2.45) is 0 Å². The highest BCUT2D eigenvalue weighted by Crippen LogP contribution is 2.35. The molecule has 3 aromatic rings. The SMILES string of the molecule is N#Cc1ccnc(N2CC[C@H]3[C@@H]2CCN3Cc2cn(-c3ccccc3)nn2)c1. The van der Waals surface area contributed by atoms with Crippen molar-refractivity contribution in [3.8, 4) is 11.8 Å². The smallest absolute Gasteiger partial charge is 0.130 e. The first-order valence-corrected chi connectivity index (χ1v) is 9.65. The molecule has 2 aromatic heterocycles. The van der Waals surface area contributed by atoms with Crippen LogP contribution in [0.4, 0.5) is 5.82 Å². The molecule has 0 N–H and O–H groups in total. The maximum atomic E-state index is 9.16. The van der Waals surface area contributed by atoms with Gasteiger partial charge in [-0.2, -0.15) is 5.26 Å². The summed E-state index contributed by atoms with van der Waals surface area (Å²) in [6, 6.07) is 16.9. The fourth-order valence-corrected chi connectivity index (χ4v) is 4.49. The molecule has 2 atom stereocenters. The fraction of sp³-hybridized carbons (Fsp3) is 0.333. The number of anilines is 1. The van der Waals surface area contributed by atoms with Crippen LogP contribution in [0.1, 0.15) is 24.1 Å². The second kappa shape index (κ2) is 7.06. The average Bonchev–Trinajstić information content (AvgIpc) is 3.47. The van der Waals surface area contributed by atoms with E-state index in [1.54, 1.807) is 12.3 Å². The van der Waals surface area contributed by atoms with Gasteiger partial charge in [-0.25, -0.2) is 9.67 Å². The third-order valence-electron chi connectivity index (χ3n) is 5.79. The molecule has 0 radical (unpaired) electrons. The Hall–Kier alpha value is -3.24. The molecule has 28 heavy (non-hydrogen) atoms. The molecule has 2 saturated heterocycles. The second-order valence-corrected chi connectivity index (χ2v) is 7.38. The van der Waals surface area contributed by atoms with Crippen LogP contribution in [0.25, 0.3) is 5.69 Å². The lowest BCUT2D eigenvalue weighted by atomic mass is 10.1. The lowest BCUT2D eigenvalue weighted by molar-refractivity contribution is 0.243. The Balaban J connectivity index is 1.29. The molecule has 140 valence electrons. The van der Waals surface area contributed by atoms with Gasteiger partial charge in [0.2, 0.25) is 0 Å². The minimum absolute atomic E-state index is 0.450. The summed E-state index contributed by atoms with van der Waals surface area (Å²) >= 11 is 0. The predicted octanol–water partition coefficient (Wildman–Crippen LogP) is 2.39. The summed E-state index contributed by atoms with van der Waals surface area (Å²) in [6.45, 7) is 2.83. The van der Waals surface area contributed by atoms with E-state index in [2.05, 4.69) is 31.2 Å². The van der Waals surface area contributed by atoms with Crippen LogP contribution in [-0.4, -0.2) is 50.1 Å². The lowest BCUT2D eigenvalue weighted by Gasteiger charge is -2.26. The average molecular weight is 371 g/mol. The molecule has 0 saturated carbocycles. The molecule has 0 unspecified atom stereocenters. The molecule has 0 aliphatic carbocycles. The second-order valence-electron chi connectivity index (χ2n) is 7.38. The highest BCUT2D eigenvalue weighted by molar-refractivity contribution is 5.47. The van der Waals surface area contributed by atoms with Gasteiger partial charge in [0, 0.05) is 37.9 Å². The molecule has 5 rings (SSSR count). The number of hydrogen-bond acceptors (Lipinski definition) is 6. The van der Waals surface area contributed by atoms with Gasteiger partial charge in [0.25, 0.3) is 0 Å². The Bertz CT molecular complexity index is 1010. The first-order valence-electron chi connectivity index (χ1n) is 9.65. The fourth-order valence-electron chi connectivity index (χ4n) is 4.49. The Morgan fingerprint density at radius 2 is 1.93 bits per heavy atom. The summed E-state index contributed by atoms with van der Waals surface area (Å²) < 4.78 is 1.83. The van der Waals surface area contributed by atoms with Crippen LogP contribution in [0, 0.1) is 11.3 Å². The summed E-state index contributed by atoms with van der Waals surface area (Å²) in [4.78, 5) is 9.39. The van der Waals surface area contributed by atoms with E-state index in [0.717, 1.165) is 49.7 Å². The van der Waals surface area contributed by atoms with E-state index in [1.165, 1.54) is 0 Å². The van der Waals surface area contributed by atoms with Gasteiger partial charge in [-0.1, -0.05) is 23.4 Å². The van der Waals surface area contributed by atoms with E-state index < -0.39 is 0 Å². The van der Waals surface area contributed by atoms with E-state index in [9.17, 15) is 0 Å². The highest BCUT2D eigenvalue weighted by Gasteiger charge is 2.43. The molecule has 4 heterocycles. The standard InChI is InChI=1S/C21H21N7/c22-13-16-6-9-23-21(12-16)27-11-8-19-20(27)7-10-26(19)14-17-15-28(25-24-17)18-4-2-1-3-5-18/h1-6,9,12,15,19-20H,7-8,10-11,14H2/t19-,20-/m0/s1. The highest BCUT2D eigenvalue weighted by atomic mass is 15.4. The topological polar surface area (TPSA) is 73.9 Å². The third-order valence-corrected chi connectivity index (χ3v) is 5.79. The number of fused-ring (bicyclic) bond motifs is 1. The van der Waals surface area contributed by atoms with Gasteiger partial charge in [0.15, 0.2) is 0 Å². The number of nitriles is 1. The van der Waals surface area contributed by atoms with Gasteiger partial charge >= 0.3 is 0 Å². The van der Waals surface area contributed by atoms with Gasteiger partial charge in [-0.15, -0.1) is 5.10 Å². The summed E-state index contributed by atoms with van der Waals surface area (Å²) in [6.07, 6.45) is 5.97. The summed E-state index contributed by atoms with van der Waals surface area (Å²) in [7, 11) is 0. The number of aromatic nitrogens is 4. The number of likely N-dealkylation sites (tertiary alicyclic amines) is 1. The van der Waals surface area contributed by atoms with Crippen molar-refractivity contribution < 1.29 is 0 Å². The third kappa shape index (κ3) is 3.02. The number of hydrogen-bond donors (Lipinski definition) is 0. The molecule has 2 aliphatic heterocycles. The van der Waals surface area contributed by atoms with E-state index in [-0.39, 0.29) is 0 Å². The van der Waals surface area contributed by atoms with Crippen molar-refractivity contribution in [1.29, 1.82) is 5.26 Å². The Kier molecular flexibility index (Phi) is 4.26. The van der Waals surface area contributed by atoms with Crippen molar-refractivity contribution in [3.05, 3.63) is 66.1 Å². The molecule has 0 bridgehead atoms. The van der Waals surface area contributed by atoms with Gasteiger partial charge in [0.05, 0.1) is 29.2 Å². The maximum Gasteiger partial charge on any atom is 0.130 e. The molecule has 2 aliphatic rings. The molecule has 0 spiro atoms. The van der Waals surface area contributed by atoms with Gasteiger partial charge in [-0.05, 0) is 37.1 Å². The van der Waals surface area contributed by atoms with Crippen LogP contribution in [0.2, 0.25) is 0 Å². The molecular weight excluding hydrogens is 350 g/mol. The minimum Gasteiger partial charge on any atom is -0.352 e. The van der Waals surface area contributed by atoms with E-state index in [0.29, 0.717) is 17.6 Å². The molecular formula is C21H21N7.